The van der Waals surface area contributed by atoms with Gasteiger partial charge in [-0.25, -0.2) is 4.98 Å². The summed E-state index contributed by atoms with van der Waals surface area (Å²) in [5, 5.41) is 3.34. The summed E-state index contributed by atoms with van der Waals surface area (Å²) in [4.78, 5) is 4.30. The summed E-state index contributed by atoms with van der Waals surface area (Å²) in [5.41, 5.74) is 2.91. The zero-order valence-electron chi connectivity index (χ0n) is 8.98. The standard InChI is InChI=1S/C12H14N2OS/c1-2-10-12(16-8-14-10)11(3-1)15-9-4-6-13-7-5-9/h1-3,8-9,13H,4-7H2. The molecule has 0 radical (unpaired) electrons. The maximum atomic E-state index is 6.06. The second-order valence-corrected chi connectivity index (χ2v) is 4.88. The van der Waals surface area contributed by atoms with Crippen molar-refractivity contribution in [2.45, 2.75) is 18.9 Å². The first kappa shape index (κ1) is 10.1. The number of nitrogens with zero attached hydrogens (tertiary/aromatic N) is 1. The largest absolute Gasteiger partial charge is 0.489 e. The highest BCUT2D eigenvalue weighted by atomic mass is 32.1. The number of benzene rings is 1. The van der Waals surface area contributed by atoms with E-state index in [-0.39, 0.29) is 0 Å². The van der Waals surface area contributed by atoms with Crippen LogP contribution in [0.15, 0.2) is 23.7 Å². The summed E-state index contributed by atoms with van der Waals surface area (Å²) in [6.07, 6.45) is 2.54. The molecule has 2 heterocycles. The van der Waals surface area contributed by atoms with Crippen LogP contribution in [-0.4, -0.2) is 24.2 Å². The third-order valence-electron chi connectivity index (χ3n) is 2.90. The lowest BCUT2D eigenvalue weighted by Gasteiger charge is -2.23. The quantitative estimate of drug-likeness (QED) is 0.866. The van der Waals surface area contributed by atoms with Crippen LogP contribution in [0.5, 0.6) is 5.75 Å². The Labute approximate surface area is 98.5 Å². The summed E-state index contributed by atoms with van der Waals surface area (Å²) in [7, 11) is 0. The predicted octanol–water partition coefficient (Wildman–Crippen LogP) is 2.43. The van der Waals surface area contributed by atoms with E-state index in [1.165, 1.54) is 4.70 Å². The highest BCUT2D eigenvalue weighted by molar-refractivity contribution is 7.17. The Morgan fingerprint density at radius 3 is 3.06 bits per heavy atom. The first-order valence-electron chi connectivity index (χ1n) is 5.63. The van der Waals surface area contributed by atoms with Crippen molar-refractivity contribution in [1.29, 1.82) is 0 Å². The number of hydrogen-bond donors (Lipinski definition) is 1. The molecule has 3 rings (SSSR count). The van der Waals surface area contributed by atoms with E-state index in [1.807, 2.05) is 23.7 Å². The van der Waals surface area contributed by atoms with Gasteiger partial charge in [-0.3, -0.25) is 0 Å². The van der Waals surface area contributed by atoms with Crippen LogP contribution >= 0.6 is 11.3 Å². The van der Waals surface area contributed by atoms with Gasteiger partial charge >= 0.3 is 0 Å². The normalized spacial score (nSPS) is 17.8. The van der Waals surface area contributed by atoms with Gasteiger partial charge < -0.3 is 10.1 Å². The fourth-order valence-corrected chi connectivity index (χ4v) is 2.79. The maximum Gasteiger partial charge on any atom is 0.139 e. The molecule has 3 nitrogen and oxygen atoms in total. The lowest BCUT2D eigenvalue weighted by atomic mass is 10.1. The molecule has 1 saturated heterocycles. The van der Waals surface area contributed by atoms with E-state index in [2.05, 4.69) is 10.3 Å². The van der Waals surface area contributed by atoms with E-state index in [9.17, 15) is 0 Å². The van der Waals surface area contributed by atoms with Crippen molar-refractivity contribution in [3.05, 3.63) is 23.7 Å². The van der Waals surface area contributed by atoms with Crippen LogP contribution in [0.3, 0.4) is 0 Å². The van der Waals surface area contributed by atoms with Crippen LogP contribution in [-0.2, 0) is 0 Å². The second-order valence-electron chi connectivity index (χ2n) is 4.02. The van der Waals surface area contributed by atoms with Gasteiger partial charge in [0.1, 0.15) is 11.9 Å². The van der Waals surface area contributed by atoms with Gasteiger partial charge in [0.15, 0.2) is 0 Å². The lowest BCUT2D eigenvalue weighted by Crippen LogP contribution is -2.34. The minimum absolute atomic E-state index is 0.356. The fourth-order valence-electron chi connectivity index (χ4n) is 2.05. The molecule has 1 aromatic heterocycles. The summed E-state index contributed by atoms with van der Waals surface area (Å²) >= 11 is 1.65. The Morgan fingerprint density at radius 2 is 2.19 bits per heavy atom. The van der Waals surface area contributed by atoms with E-state index in [1.54, 1.807) is 11.3 Å². The molecule has 1 aliphatic heterocycles. The Hall–Kier alpha value is -1.13. The van der Waals surface area contributed by atoms with Gasteiger partial charge in [0.05, 0.1) is 15.7 Å². The van der Waals surface area contributed by atoms with Gasteiger partial charge in [-0.2, -0.15) is 0 Å². The van der Waals surface area contributed by atoms with Crippen LogP contribution in [0.1, 0.15) is 12.8 Å². The molecule has 1 aromatic carbocycles. The van der Waals surface area contributed by atoms with Crippen LogP contribution in [0.4, 0.5) is 0 Å². The highest BCUT2D eigenvalue weighted by Gasteiger charge is 2.15. The maximum absolute atomic E-state index is 6.06. The van der Waals surface area contributed by atoms with Crippen molar-refractivity contribution in [2.75, 3.05) is 13.1 Å². The van der Waals surface area contributed by atoms with E-state index in [4.69, 9.17) is 4.74 Å². The van der Waals surface area contributed by atoms with Crippen molar-refractivity contribution in [3.8, 4) is 5.75 Å². The first-order chi connectivity index (χ1) is 7.93. The number of nitrogens with one attached hydrogen (secondary N) is 1. The van der Waals surface area contributed by atoms with Gasteiger partial charge in [-0.1, -0.05) is 6.07 Å². The number of ether oxygens (including phenoxy) is 1. The minimum atomic E-state index is 0.356. The van der Waals surface area contributed by atoms with E-state index >= 15 is 0 Å². The van der Waals surface area contributed by atoms with Crippen LogP contribution in [0.2, 0.25) is 0 Å². The third-order valence-corrected chi connectivity index (χ3v) is 3.76. The average molecular weight is 234 g/mol. The van der Waals surface area contributed by atoms with Crippen molar-refractivity contribution < 1.29 is 4.74 Å². The molecule has 4 heteroatoms. The number of thiazole rings is 1. The monoisotopic (exact) mass is 234 g/mol. The molecule has 0 aliphatic carbocycles. The third kappa shape index (κ3) is 1.90. The molecule has 0 saturated carbocycles. The molecule has 1 aliphatic rings. The molecule has 0 atom stereocenters. The van der Waals surface area contributed by atoms with Crippen molar-refractivity contribution in [1.82, 2.24) is 10.3 Å². The van der Waals surface area contributed by atoms with Crippen molar-refractivity contribution >= 4 is 21.6 Å². The van der Waals surface area contributed by atoms with E-state index in [0.29, 0.717) is 6.10 Å². The lowest BCUT2D eigenvalue weighted by molar-refractivity contribution is 0.165. The molecule has 84 valence electrons. The summed E-state index contributed by atoms with van der Waals surface area (Å²) in [5.74, 6) is 0.992. The van der Waals surface area contributed by atoms with E-state index < -0.39 is 0 Å². The van der Waals surface area contributed by atoms with Gasteiger partial charge in [0, 0.05) is 0 Å². The number of aromatic nitrogens is 1. The second kappa shape index (κ2) is 4.39. The van der Waals surface area contributed by atoms with Gasteiger partial charge in [0.25, 0.3) is 0 Å². The van der Waals surface area contributed by atoms with Crippen molar-refractivity contribution in [2.24, 2.45) is 0 Å². The van der Waals surface area contributed by atoms with Crippen molar-refractivity contribution in [3.63, 3.8) is 0 Å². The smallest absolute Gasteiger partial charge is 0.139 e. The molecule has 2 aromatic rings. The predicted molar refractivity (Wildman–Crippen MR) is 66.1 cm³/mol. The zero-order valence-corrected chi connectivity index (χ0v) is 9.80. The number of hydrogen-bond acceptors (Lipinski definition) is 4. The van der Waals surface area contributed by atoms with Crippen LogP contribution in [0, 0.1) is 0 Å². The molecule has 0 bridgehead atoms. The zero-order chi connectivity index (χ0) is 10.8. The molecule has 0 spiro atoms. The topological polar surface area (TPSA) is 34.1 Å². The minimum Gasteiger partial charge on any atom is -0.489 e. The Balaban J connectivity index is 1.85. The SMILES string of the molecule is c1cc(OC2CCNCC2)c2scnc2c1. The van der Waals surface area contributed by atoms with E-state index in [0.717, 1.165) is 37.2 Å². The molecule has 1 N–H and O–H groups in total. The molecular weight excluding hydrogens is 220 g/mol. The summed E-state index contributed by atoms with van der Waals surface area (Å²) in [6.45, 7) is 2.12. The van der Waals surface area contributed by atoms with Crippen LogP contribution in [0.25, 0.3) is 10.2 Å². The number of rotatable bonds is 2. The molecule has 0 unspecified atom stereocenters. The van der Waals surface area contributed by atoms with Gasteiger partial charge in [-0.05, 0) is 38.1 Å². The molecule has 16 heavy (non-hydrogen) atoms. The Bertz CT molecular complexity index is 477. The first-order valence-corrected chi connectivity index (χ1v) is 6.51. The molecule has 1 fully saturated rings. The Morgan fingerprint density at radius 1 is 1.31 bits per heavy atom. The Kier molecular flexibility index (Phi) is 2.76. The summed E-state index contributed by atoms with van der Waals surface area (Å²) < 4.78 is 7.22. The molecular formula is C12H14N2OS. The number of fused-ring (bicyclic) bond motifs is 1. The highest BCUT2D eigenvalue weighted by Crippen LogP contribution is 2.30. The van der Waals surface area contributed by atoms with Gasteiger partial charge in [0.2, 0.25) is 0 Å². The number of piperidine rings is 1. The fraction of sp³-hybridized carbons (Fsp3) is 0.417. The average Bonchev–Trinajstić information content (AvgIpc) is 2.80. The molecule has 0 amide bonds. The van der Waals surface area contributed by atoms with Crippen LogP contribution < -0.4 is 10.1 Å². The summed E-state index contributed by atoms with van der Waals surface area (Å²) in [6, 6.07) is 6.09. The van der Waals surface area contributed by atoms with Gasteiger partial charge in [-0.15, -0.1) is 11.3 Å².